The molecule has 3 nitrogen and oxygen atoms in total. The van der Waals surface area contributed by atoms with Crippen molar-refractivity contribution in [1.82, 2.24) is 10.2 Å². The molecule has 0 aromatic carbocycles. The number of ether oxygens (including phenoxy) is 1. The molecule has 1 atom stereocenters. The van der Waals surface area contributed by atoms with E-state index in [1.807, 2.05) is 0 Å². The third-order valence-corrected chi connectivity index (χ3v) is 3.78. The summed E-state index contributed by atoms with van der Waals surface area (Å²) >= 11 is 0. The SMILES string of the molecule is CC1(C)CN(CCC2CCNC2)CC(C)(C)O1. The summed E-state index contributed by atoms with van der Waals surface area (Å²) in [5, 5.41) is 3.45. The highest BCUT2D eigenvalue weighted by molar-refractivity contribution is 4.89. The zero-order valence-electron chi connectivity index (χ0n) is 11.9. The van der Waals surface area contributed by atoms with Crippen LogP contribution in [0.3, 0.4) is 0 Å². The lowest BCUT2D eigenvalue weighted by Gasteiger charge is -2.47. The van der Waals surface area contributed by atoms with Gasteiger partial charge in [0.2, 0.25) is 0 Å². The molecular weight excluding hydrogens is 212 g/mol. The average molecular weight is 240 g/mol. The van der Waals surface area contributed by atoms with Crippen LogP contribution in [0.25, 0.3) is 0 Å². The molecule has 0 aromatic heterocycles. The summed E-state index contributed by atoms with van der Waals surface area (Å²) < 4.78 is 6.11. The molecule has 2 saturated heterocycles. The van der Waals surface area contributed by atoms with Gasteiger partial charge in [-0.1, -0.05) is 0 Å². The molecule has 2 heterocycles. The predicted octanol–water partition coefficient (Wildman–Crippen LogP) is 1.88. The van der Waals surface area contributed by atoms with Gasteiger partial charge in [-0.15, -0.1) is 0 Å². The highest BCUT2D eigenvalue weighted by atomic mass is 16.5. The minimum Gasteiger partial charge on any atom is -0.367 e. The van der Waals surface area contributed by atoms with Crippen molar-refractivity contribution in [3.63, 3.8) is 0 Å². The average Bonchev–Trinajstić information content (AvgIpc) is 2.61. The van der Waals surface area contributed by atoms with Crippen molar-refractivity contribution in [1.29, 1.82) is 0 Å². The summed E-state index contributed by atoms with van der Waals surface area (Å²) in [5.74, 6) is 0.893. The molecule has 1 unspecified atom stereocenters. The number of hydrogen-bond acceptors (Lipinski definition) is 3. The Bertz CT molecular complexity index is 241. The lowest BCUT2D eigenvalue weighted by Crippen LogP contribution is -2.57. The molecule has 0 radical (unpaired) electrons. The summed E-state index contributed by atoms with van der Waals surface area (Å²) in [5.41, 5.74) is -0.00858. The van der Waals surface area contributed by atoms with Crippen molar-refractivity contribution in [2.75, 3.05) is 32.7 Å². The maximum absolute atomic E-state index is 6.11. The molecule has 100 valence electrons. The Kier molecular flexibility index (Phi) is 3.81. The smallest absolute Gasteiger partial charge is 0.0760 e. The molecule has 2 aliphatic heterocycles. The zero-order valence-corrected chi connectivity index (χ0v) is 11.9. The maximum atomic E-state index is 6.11. The first kappa shape index (κ1) is 13.3. The highest BCUT2D eigenvalue weighted by Crippen LogP contribution is 2.28. The number of nitrogens with zero attached hydrogens (tertiary/aromatic N) is 1. The van der Waals surface area contributed by atoms with E-state index in [0.29, 0.717) is 0 Å². The van der Waals surface area contributed by atoms with Crippen molar-refractivity contribution < 1.29 is 4.74 Å². The van der Waals surface area contributed by atoms with Crippen molar-refractivity contribution in [3.05, 3.63) is 0 Å². The van der Waals surface area contributed by atoms with E-state index in [0.717, 1.165) is 19.0 Å². The van der Waals surface area contributed by atoms with Gasteiger partial charge in [-0.2, -0.15) is 0 Å². The Morgan fingerprint density at radius 3 is 2.35 bits per heavy atom. The first-order valence-electron chi connectivity index (χ1n) is 7.00. The molecular formula is C14H28N2O. The van der Waals surface area contributed by atoms with Gasteiger partial charge in [0.05, 0.1) is 11.2 Å². The van der Waals surface area contributed by atoms with Crippen LogP contribution < -0.4 is 5.32 Å². The molecule has 0 spiro atoms. The largest absolute Gasteiger partial charge is 0.367 e. The molecule has 1 N–H and O–H groups in total. The molecule has 2 aliphatic rings. The van der Waals surface area contributed by atoms with Crippen LogP contribution in [-0.2, 0) is 4.74 Å². The fourth-order valence-electron chi connectivity index (χ4n) is 3.43. The highest BCUT2D eigenvalue weighted by Gasteiger charge is 2.37. The molecule has 3 heteroatoms. The molecule has 0 bridgehead atoms. The lowest BCUT2D eigenvalue weighted by molar-refractivity contribution is -0.180. The molecule has 17 heavy (non-hydrogen) atoms. The standard InChI is InChI=1S/C14H28N2O/c1-13(2)10-16(11-14(3,4)17-13)8-6-12-5-7-15-9-12/h12,15H,5-11H2,1-4H3. The fraction of sp³-hybridized carbons (Fsp3) is 1.00. The van der Waals surface area contributed by atoms with Crippen molar-refractivity contribution in [2.45, 2.75) is 51.7 Å². The quantitative estimate of drug-likeness (QED) is 0.815. The van der Waals surface area contributed by atoms with Crippen LogP contribution in [0.4, 0.5) is 0 Å². The van der Waals surface area contributed by atoms with Gasteiger partial charge in [-0.25, -0.2) is 0 Å². The predicted molar refractivity (Wildman–Crippen MR) is 71.3 cm³/mol. The topological polar surface area (TPSA) is 24.5 Å². The fourth-order valence-corrected chi connectivity index (χ4v) is 3.43. The van der Waals surface area contributed by atoms with Gasteiger partial charge in [-0.3, -0.25) is 4.90 Å². The van der Waals surface area contributed by atoms with Crippen molar-refractivity contribution in [2.24, 2.45) is 5.92 Å². The first-order chi connectivity index (χ1) is 7.86. The van der Waals surface area contributed by atoms with Crippen LogP contribution in [0.5, 0.6) is 0 Å². The number of nitrogens with one attached hydrogen (secondary N) is 1. The Balaban J connectivity index is 1.83. The minimum absolute atomic E-state index is 0.00429. The van der Waals surface area contributed by atoms with E-state index in [-0.39, 0.29) is 11.2 Å². The van der Waals surface area contributed by atoms with Crippen LogP contribution in [0.15, 0.2) is 0 Å². The van der Waals surface area contributed by atoms with Gasteiger partial charge in [0, 0.05) is 13.1 Å². The summed E-state index contributed by atoms with van der Waals surface area (Å²) in [6, 6.07) is 0. The molecule has 2 fully saturated rings. The van der Waals surface area contributed by atoms with E-state index < -0.39 is 0 Å². The Labute approximate surface area is 106 Å². The van der Waals surface area contributed by atoms with Crippen LogP contribution in [0.2, 0.25) is 0 Å². The van der Waals surface area contributed by atoms with Crippen LogP contribution in [0, 0.1) is 5.92 Å². The molecule has 0 aromatic rings. The van der Waals surface area contributed by atoms with Gasteiger partial charge in [0.1, 0.15) is 0 Å². The van der Waals surface area contributed by atoms with Gasteiger partial charge in [0.15, 0.2) is 0 Å². The summed E-state index contributed by atoms with van der Waals surface area (Å²) in [7, 11) is 0. The molecule has 2 rings (SSSR count). The van der Waals surface area contributed by atoms with E-state index in [4.69, 9.17) is 4.74 Å². The van der Waals surface area contributed by atoms with Gasteiger partial charge < -0.3 is 10.1 Å². The van der Waals surface area contributed by atoms with E-state index in [9.17, 15) is 0 Å². The first-order valence-corrected chi connectivity index (χ1v) is 7.00. The second-order valence-electron chi connectivity index (χ2n) is 6.98. The second kappa shape index (κ2) is 4.87. The summed E-state index contributed by atoms with van der Waals surface area (Å²) in [6.45, 7) is 14.6. The third kappa shape index (κ3) is 3.94. The Morgan fingerprint density at radius 1 is 1.18 bits per heavy atom. The molecule has 0 aliphatic carbocycles. The number of rotatable bonds is 3. The maximum Gasteiger partial charge on any atom is 0.0760 e. The van der Waals surface area contributed by atoms with E-state index in [1.165, 1.54) is 32.5 Å². The van der Waals surface area contributed by atoms with Gasteiger partial charge >= 0.3 is 0 Å². The lowest BCUT2D eigenvalue weighted by atomic mass is 9.97. The molecule has 0 amide bonds. The Hall–Kier alpha value is -0.120. The van der Waals surface area contributed by atoms with E-state index >= 15 is 0 Å². The van der Waals surface area contributed by atoms with Crippen molar-refractivity contribution >= 4 is 0 Å². The molecule has 0 saturated carbocycles. The minimum atomic E-state index is -0.00429. The summed E-state index contributed by atoms with van der Waals surface area (Å²) in [6.07, 6.45) is 2.69. The number of morpholine rings is 1. The second-order valence-corrected chi connectivity index (χ2v) is 6.98. The summed E-state index contributed by atoms with van der Waals surface area (Å²) in [4.78, 5) is 2.59. The zero-order chi connectivity index (χ0) is 12.5. The van der Waals surface area contributed by atoms with Gasteiger partial charge in [0.25, 0.3) is 0 Å². The normalized spacial score (nSPS) is 32.8. The monoisotopic (exact) mass is 240 g/mol. The van der Waals surface area contributed by atoms with Gasteiger partial charge in [-0.05, 0) is 66.1 Å². The Morgan fingerprint density at radius 2 is 1.82 bits per heavy atom. The van der Waals surface area contributed by atoms with Crippen LogP contribution >= 0.6 is 0 Å². The van der Waals surface area contributed by atoms with Crippen LogP contribution in [-0.4, -0.2) is 48.8 Å². The van der Waals surface area contributed by atoms with E-state index in [2.05, 4.69) is 37.9 Å². The van der Waals surface area contributed by atoms with Crippen molar-refractivity contribution in [3.8, 4) is 0 Å². The third-order valence-electron chi connectivity index (χ3n) is 3.78. The van der Waals surface area contributed by atoms with Crippen LogP contribution in [0.1, 0.15) is 40.5 Å². The van der Waals surface area contributed by atoms with E-state index in [1.54, 1.807) is 0 Å². The number of hydrogen-bond donors (Lipinski definition) is 1.